The van der Waals surface area contributed by atoms with Crippen molar-refractivity contribution in [2.75, 3.05) is 18.9 Å². The van der Waals surface area contributed by atoms with Crippen LogP contribution in [0.25, 0.3) is 10.2 Å². The summed E-state index contributed by atoms with van der Waals surface area (Å²) in [6.45, 7) is 2.41. The molecule has 0 spiro atoms. The van der Waals surface area contributed by atoms with Crippen LogP contribution in [-0.2, 0) is 11.3 Å². The third-order valence-corrected chi connectivity index (χ3v) is 6.39. The van der Waals surface area contributed by atoms with E-state index >= 15 is 0 Å². The number of hydrogen-bond acceptors (Lipinski definition) is 4. The molecular weight excluding hydrogens is 432 g/mol. The highest BCUT2D eigenvalue weighted by Gasteiger charge is 2.21. The molecular formula is C23H21ClN4O2S. The Kier molecular flexibility index (Phi) is 6.06. The topological polar surface area (TPSA) is 67.2 Å². The minimum atomic E-state index is -0.246. The number of fused-ring (bicyclic) bond motifs is 1. The van der Waals surface area contributed by atoms with E-state index in [1.165, 1.54) is 16.2 Å². The van der Waals surface area contributed by atoms with Crippen LogP contribution >= 0.6 is 22.9 Å². The number of anilines is 1. The Hall–Kier alpha value is -3.16. The van der Waals surface area contributed by atoms with Crippen LogP contribution in [0, 0.1) is 6.92 Å². The van der Waals surface area contributed by atoms with Crippen LogP contribution in [-0.4, -0.2) is 40.1 Å². The van der Waals surface area contributed by atoms with E-state index in [4.69, 9.17) is 11.6 Å². The zero-order chi connectivity index (χ0) is 22.0. The van der Waals surface area contributed by atoms with Gasteiger partial charge in [0.05, 0.1) is 23.7 Å². The van der Waals surface area contributed by atoms with Gasteiger partial charge in [0.1, 0.15) is 4.83 Å². The van der Waals surface area contributed by atoms with Gasteiger partial charge in [0.25, 0.3) is 5.91 Å². The summed E-state index contributed by atoms with van der Waals surface area (Å²) in [7, 11) is 1.63. The van der Waals surface area contributed by atoms with Crippen LogP contribution < -0.4 is 5.32 Å². The first kappa shape index (κ1) is 21.1. The number of nitrogens with one attached hydrogen (secondary N) is 1. The summed E-state index contributed by atoms with van der Waals surface area (Å²) in [6, 6.07) is 18.7. The van der Waals surface area contributed by atoms with Crippen molar-refractivity contribution >= 4 is 50.7 Å². The second-order valence-corrected chi connectivity index (χ2v) is 8.68. The molecule has 2 aromatic carbocycles. The van der Waals surface area contributed by atoms with Crippen molar-refractivity contribution in [2.24, 2.45) is 0 Å². The summed E-state index contributed by atoms with van der Waals surface area (Å²) in [5.74, 6) is -0.447. The van der Waals surface area contributed by atoms with Gasteiger partial charge < -0.3 is 10.2 Å². The van der Waals surface area contributed by atoms with E-state index in [0.717, 1.165) is 21.5 Å². The molecule has 1 N–H and O–H groups in total. The summed E-state index contributed by atoms with van der Waals surface area (Å²) >= 11 is 7.67. The smallest absolute Gasteiger partial charge is 0.264 e. The van der Waals surface area contributed by atoms with Gasteiger partial charge >= 0.3 is 0 Å². The lowest BCUT2D eigenvalue weighted by Gasteiger charge is -2.15. The van der Waals surface area contributed by atoms with E-state index < -0.39 is 0 Å². The van der Waals surface area contributed by atoms with E-state index in [1.54, 1.807) is 19.2 Å². The number of likely N-dealkylation sites (N-methyl/N-ethyl adjacent to an activating group) is 1. The number of carbonyl (C=O) groups excluding carboxylic acids is 2. The third-order valence-electron chi connectivity index (χ3n) is 4.88. The largest absolute Gasteiger partial charge is 0.332 e. The number of aromatic nitrogens is 2. The number of amides is 2. The highest BCUT2D eigenvalue weighted by molar-refractivity contribution is 7.20. The van der Waals surface area contributed by atoms with E-state index in [0.29, 0.717) is 22.1 Å². The quantitative estimate of drug-likeness (QED) is 0.456. The highest BCUT2D eigenvalue weighted by atomic mass is 35.5. The second kappa shape index (κ2) is 8.91. The number of para-hydroxylation sites is 1. The maximum Gasteiger partial charge on any atom is 0.264 e. The maximum atomic E-state index is 12.9. The molecule has 0 bridgehead atoms. The Balaban J connectivity index is 1.50. The van der Waals surface area contributed by atoms with Crippen LogP contribution in [0.5, 0.6) is 0 Å². The molecule has 2 aromatic heterocycles. The number of halogens is 1. The lowest BCUT2D eigenvalue weighted by atomic mass is 10.2. The molecule has 6 nitrogen and oxygen atoms in total. The summed E-state index contributed by atoms with van der Waals surface area (Å²) < 4.78 is 1.87. The molecule has 0 aliphatic carbocycles. The number of nitrogens with zero attached hydrogens (tertiary/aromatic N) is 3. The molecule has 0 radical (unpaired) electrons. The van der Waals surface area contributed by atoms with Crippen LogP contribution in [0.3, 0.4) is 0 Å². The molecule has 0 aliphatic heterocycles. The van der Waals surface area contributed by atoms with Gasteiger partial charge in [-0.3, -0.25) is 14.3 Å². The standard InChI is InChI=1S/C23H21ClN4O2S/c1-15-18-12-20(22(30)27(2)14-21(29)25-17-9-4-3-5-10-17)31-23(18)28(26-15)13-16-8-6-7-11-19(16)24/h3-12H,13-14H2,1-2H3,(H,25,29). The summed E-state index contributed by atoms with van der Waals surface area (Å²) in [4.78, 5) is 28.1. The van der Waals surface area contributed by atoms with Crippen molar-refractivity contribution in [1.29, 1.82) is 0 Å². The van der Waals surface area contributed by atoms with Crippen molar-refractivity contribution in [3.05, 3.63) is 81.8 Å². The van der Waals surface area contributed by atoms with Gasteiger partial charge in [-0.05, 0) is 36.8 Å². The molecule has 0 unspecified atom stereocenters. The maximum absolute atomic E-state index is 12.9. The van der Waals surface area contributed by atoms with Crippen molar-refractivity contribution in [3.8, 4) is 0 Å². The molecule has 0 fully saturated rings. The van der Waals surface area contributed by atoms with Gasteiger partial charge in [-0.2, -0.15) is 5.10 Å². The van der Waals surface area contributed by atoms with Crippen LogP contribution in [0.1, 0.15) is 20.9 Å². The number of rotatable bonds is 6. The summed E-state index contributed by atoms with van der Waals surface area (Å²) in [6.07, 6.45) is 0. The zero-order valence-electron chi connectivity index (χ0n) is 17.1. The second-order valence-electron chi connectivity index (χ2n) is 7.24. The number of hydrogen-bond donors (Lipinski definition) is 1. The lowest BCUT2D eigenvalue weighted by Crippen LogP contribution is -2.34. The highest BCUT2D eigenvalue weighted by Crippen LogP contribution is 2.30. The van der Waals surface area contributed by atoms with Crippen molar-refractivity contribution in [3.63, 3.8) is 0 Å². The molecule has 8 heteroatoms. The van der Waals surface area contributed by atoms with Crippen LogP contribution in [0.4, 0.5) is 5.69 Å². The monoisotopic (exact) mass is 452 g/mol. The number of aryl methyl sites for hydroxylation is 1. The normalized spacial score (nSPS) is 10.9. The van der Waals surface area contributed by atoms with Gasteiger partial charge in [0.2, 0.25) is 5.91 Å². The first-order chi connectivity index (χ1) is 14.9. The molecule has 31 heavy (non-hydrogen) atoms. The Bertz CT molecular complexity index is 1250. The van der Waals surface area contributed by atoms with Crippen LogP contribution in [0.15, 0.2) is 60.7 Å². The summed E-state index contributed by atoms with van der Waals surface area (Å²) in [5.41, 5.74) is 2.51. The lowest BCUT2D eigenvalue weighted by molar-refractivity contribution is -0.116. The molecule has 4 rings (SSSR count). The predicted octanol–water partition coefficient (Wildman–Crippen LogP) is 4.82. The molecule has 2 heterocycles. The number of carbonyl (C=O) groups is 2. The Morgan fingerprint density at radius 1 is 1.13 bits per heavy atom. The van der Waals surface area contributed by atoms with E-state index in [2.05, 4.69) is 10.4 Å². The van der Waals surface area contributed by atoms with E-state index in [-0.39, 0.29) is 18.4 Å². The molecule has 0 saturated heterocycles. The fraction of sp³-hybridized carbons (Fsp3) is 0.174. The molecule has 0 atom stereocenters. The van der Waals surface area contributed by atoms with Crippen molar-refractivity contribution in [2.45, 2.75) is 13.5 Å². The number of benzene rings is 2. The SMILES string of the molecule is Cc1nn(Cc2ccccc2Cl)c2sc(C(=O)N(C)CC(=O)Nc3ccccc3)cc12. The summed E-state index contributed by atoms with van der Waals surface area (Å²) in [5, 5.41) is 9.02. The molecule has 4 aromatic rings. The van der Waals surface area contributed by atoms with Crippen LogP contribution in [0.2, 0.25) is 5.02 Å². The average Bonchev–Trinajstić information content (AvgIpc) is 3.31. The van der Waals surface area contributed by atoms with Crippen molar-refractivity contribution in [1.82, 2.24) is 14.7 Å². The van der Waals surface area contributed by atoms with Gasteiger partial charge in [0, 0.05) is 23.1 Å². The molecule has 158 valence electrons. The predicted molar refractivity (Wildman–Crippen MR) is 125 cm³/mol. The minimum Gasteiger partial charge on any atom is -0.332 e. The minimum absolute atomic E-state index is 0.0350. The Morgan fingerprint density at radius 2 is 1.84 bits per heavy atom. The molecule has 0 aliphatic rings. The Labute approximate surface area is 189 Å². The van der Waals surface area contributed by atoms with Gasteiger partial charge in [-0.25, -0.2) is 0 Å². The molecule has 0 saturated carbocycles. The van der Waals surface area contributed by atoms with Gasteiger partial charge in [0.15, 0.2) is 0 Å². The van der Waals surface area contributed by atoms with Gasteiger partial charge in [-0.1, -0.05) is 48.0 Å². The zero-order valence-corrected chi connectivity index (χ0v) is 18.7. The van der Waals surface area contributed by atoms with E-state index in [9.17, 15) is 9.59 Å². The van der Waals surface area contributed by atoms with E-state index in [1.807, 2.05) is 60.1 Å². The first-order valence-corrected chi connectivity index (χ1v) is 10.9. The molecule has 2 amide bonds. The van der Waals surface area contributed by atoms with Gasteiger partial charge in [-0.15, -0.1) is 11.3 Å². The fourth-order valence-corrected chi connectivity index (χ4v) is 4.66. The number of thiophene rings is 1. The fourth-order valence-electron chi connectivity index (χ4n) is 3.31. The first-order valence-electron chi connectivity index (χ1n) is 9.73. The Morgan fingerprint density at radius 3 is 2.58 bits per heavy atom. The van der Waals surface area contributed by atoms with Crippen molar-refractivity contribution < 1.29 is 9.59 Å². The third kappa shape index (κ3) is 4.62. The average molecular weight is 453 g/mol.